The van der Waals surface area contributed by atoms with Gasteiger partial charge in [-0.2, -0.15) is 5.10 Å². The van der Waals surface area contributed by atoms with E-state index in [4.69, 9.17) is 9.72 Å². The third-order valence-corrected chi connectivity index (χ3v) is 5.68. The van der Waals surface area contributed by atoms with Crippen LogP contribution in [0.2, 0.25) is 0 Å². The molecule has 3 heterocycles. The second-order valence-electron chi connectivity index (χ2n) is 7.67. The molecule has 1 N–H and O–H groups in total. The zero-order valence-electron chi connectivity index (χ0n) is 17.6. The van der Waals surface area contributed by atoms with Crippen LogP contribution in [-0.2, 0) is 6.54 Å². The first-order valence-corrected chi connectivity index (χ1v) is 10.1. The summed E-state index contributed by atoms with van der Waals surface area (Å²) in [6.45, 7) is 4.34. The fourth-order valence-corrected chi connectivity index (χ4v) is 4.16. The first kappa shape index (κ1) is 19.1. The number of para-hydroxylation sites is 1. The highest BCUT2D eigenvalue weighted by Crippen LogP contribution is 2.36. The first-order valence-electron chi connectivity index (χ1n) is 10.1. The van der Waals surface area contributed by atoms with Crippen LogP contribution in [0.15, 0.2) is 65.5 Å². The van der Waals surface area contributed by atoms with Crippen molar-refractivity contribution in [1.29, 1.82) is 0 Å². The van der Waals surface area contributed by atoms with E-state index in [1.165, 1.54) is 0 Å². The van der Waals surface area contributed by atoms with Crippen LogP contribution in [0.4, 0.5) is 0 Å². The maximum atomic E-state index is 12.8. The fourth-order valence-electron chi connectivity index (χ4n) is 4.16. The number of hydrogen-bond donors (Lipinski definition) is 1. The molecule has 0 unspecified atom stereocenters. The predicted molar refractivity (Wildman–Crippen MR) is 123 cm³/mol. The Balaban J connectivity index is 1.67. The maximum Gasteiger partial charge on any atom is 0.251 e. The monoisotopic (exact) mass is 410 g/mol. The van der Waals surface area contributed by atoms with Gasteiger partial charge in [-0.25, -0.2) is 0 Å². The van der Waals surface area contributed by atoms with Gasteiger partial charge in [-0.15, -0.1) is 0 Å². The molecule has 0 bridgehead atoms. The molecular weight excluding hydrogens is 388 g/mol. The molecule has 0 aliphatic rings. The highest BCUT2D eigenvalue weighted by molar-refractivity contribution is 5.89. The minimum atomic E-state index is -0.0760. The van der Waals surface area contributed by atoms with Gasteiger partial charge in [-0.1, -0.05) is 24.3 Å². The lowest BCUT2D eigenvalue weighted by Crippen LogP contribution is -2.20. The van der Waals surface area contributed by atoms with Gasteiger partial charge in [0.15, 0.2) is 0 Å². The number of nitrogens with zero attached hydrogens (tertiary/aromatic N) is 3. The Morgan fingerprint density at radius 3 is 2.58 bits per heavy atom. The summed E-state index contributed by atoms with van der Waals surface area (Å²) < 4.78 is 7.46. The van der Waals surface area contributed by atoms with Crippen molar-refractivity contribution in [2.75, 3.05) is 7.11 Å². The molecule has 0 atom stereocenters. The van der Waals surface area contributed by atoms with Gasteiger partial charge in [0.05, 0.1) is 36.1 Å². The molecule has 5 rings (SSSR count). The number of fused-ring (bicyclic) bond motifs is 2. The maximum absolute atomic E-state index is 12.8. The van der Waals surface area contributed by atoms with E-state index in [2.05, 4.69) is 16.3 Å². The second kappa shape index (κ2) is 7.40. The van der Waals surface area contributed by atoms with Gasteiger partial charge in [0.25, 0.3) is 5.56 Å². The topological polar surface area (TPSA) is 72.8 Å². The van der Waals surface area contributed by atoms with E-state index in [1.54, 1.807) is 17.7 Å². The van der Waals surface area contributed by atoms with Crippen molar-refractivity contribution in [2.45, 2.75) is 20.4 Å². The summed E-state index contributed by atoms with van der Waals surface area (Å²) in [6.07, 6.45) is 0. The number of aryl methyl sites for hydroxylation is 2. The van der Waals surface area contributed by atoms with Gasteiger partial charge in [-0.3, -0.25) is 14.9 Å². The SMILES string of the molecule is COc1cc2c(ccc(=O)n2Cc2ccc3ccccc3n2)cc1-c1c(C)n[nH]c1C. The third kappa shape index (κ3) is 3.26. The first-order chi connectivity index (χ1) is 15.0. The van der Waals surface area contributed by atoms with Gasteiger partial charge in [-0.05, 0) is 43.5 Å². The van der Waals surface area contributed by atoms with E-state index >= 15 is 0 Å². The average Bonchev–Trinajstić information content (AvgIpc) is 3.12. The molecule has 6 heteroatoms. The molecule has 31 heavy (non-hydrogen) atoms. The highest BCUT2D eigenvalue weighted by Gasteiger charge is 2.17. The summed E-state index contributed by atoms with van der Waals surface area (Å²) in [6, 6.07) is 19.4. The zero-order chi connectivity index (χ0) is 21.5. The van der Waals surface area contributed by atoms with Crippen molar-refractivity contribution in [1.82, 2.24) is 19.7 Å². The highest BCUT2D eigenvalue weighted by atomic mass is 16.5. The Bertz CT molecular complexity index is 1480. The largest absolute Gasteiger partial charge is 0.496 e. The van der Waals surface area contributed by atoms with Gasteiger partial charge in [0.2, 0.25) is 0 Å². The Morgan fingerprint density at radius 2 is 1.81 bits per heavy atom. The standard InChI is InChI=1S/C25H22N4O2/c1-15-25(16(2)28-27-15)20-12-18-9-11-24(30)29(22(18)13-23(20)31-3)14-19-10-8-17-6-4-5-7-21(17)26-19/h4-13H,14H2,1-3H3,(H,27,28). The second-order valence-corrected chi connectivity index (χ2v) is 7.67. The molecule has 154 valence electrons. The summed E-state index contributed by atoms with van der Waals surface area (Å²) >= 11 is 0. The van der Waals surface area contributed by atoms with E-state index < -0.39 is 0 Å². The number of hydrogen-bond acceptors (Lipinski definition) is 4. The summed E-state index contributed by atoms with van der Waals surface area (Å²) in [5.41, 5.74) is 6.33. The number of methoxy groups -OCH3 is 1. The van der Waals surface area contributed by atoms with Crippen molar-refractivity contribution in [2.24, 2.45) is 0 Å². The van der Waals surface area contributed by atoms with Crippen LogP contribution in [0.5, 0.6) is 5.75 Å². The van der Waals surface area contributed by atoms with Crippen molar-refractivity contribution in [3.8, 4) is 16.9 Å². The van der Waals surface area contributed by atoms with E-state index in [-0.39, 0.29) is 5.56 Å². The smallest absolute Gasteiger partial charge is 0.251 e. The van der Waals surface area contributed by atoms with E-state index in [0.29, 0.717) is 12.3 Å². The molecule has 3 aromatic heterocycles. The average molecular weight is 410 g/mol. The third-order valence-electron chi connectivity index (χ3n) is 5.68. The minimum absolute atomic E-state index is 0.0760. The van der Waals surface area contributed by atoms with Crippen molar-refractivity contribution in [3.05, 3.63) is 88.1 Å². The number of benzene rings is 2. The Labute approximate surface area is 179 Å². The summed E-state index contributed by atoms with van der Waals surface area (Å²) in [7, 11) is 1.64. The molecule has 0 fully saturated rings. The van der Waals surface area contributed by atoms with E-state index in [1.807, 2.05) is 62.4 Å². The summed E-state index contributed by atoms with van der Waals surface area (Å²) in [4.78, 5) is 17.5. The lowest BCUT2D eigenvalue weighted by Gasteiger charge is -2.15. The molecule has 0 radical (unpaired) electrons. The zero-order valence-corrected chi connectivity index (χ0v) is 17.6. The summed E-state index contributed by atoms with van der Waals surface area (Å²) in [5, 5.41) is 9.38. The number of ether oxygens (including phenoxy) is 1. The number of aromatic nitrogens is 4. The molecule has 5 aromatic rings. The number of H-pyrrole nitrogens is 1. The quantitative estimate of drug-likeness (QED) is 0.469. The van der Waals surface area contributed by atoms with Crippen LogP contribution in [0.25, 0.3) is 32.9 Å². The van der Waals surface area contributed by atoms with Crippen LogP contribution >= 0.6 is 0 Å². The fraction of sp³-hybridized carbons (Fsp3) is 0.160. The van der Waals surface area contributed by atoms with Crippen LogP contribution in [0.3, 0.4) is 0 Å². The molecule has 0 amide bonds. The number of aromatic amines is 1. The molecule has 2 aromatic carbocycles. The van der Waals surface area contributed by atoms with Crippen LogP contribution in [0, 0.1) is 13.8 Å². The van der Waals surface area contributed by atoms with Gasteiger partial charge >= 0.3 is 0 Å². The Morgan fingerprint density at radius 1 is 1.00 bits per heavy atom. The minimum Gasteiger partial charge on any atom is -0.496 e. The van der Waals surface area contributed by atoms with Gasteiger partial charge < -0.3 is 9.30 Å². The lowest BCUT2D eigenvalue weighted by molar-refractivity contribution is 0.416. The Hall–Kier alpha value is -3.93. The number of rotatable bonds is 4. The van der Waals surface area contributed by atoms with Crippen LogP contribution < -0.4 is 10.3 Å². The van der Waals surface area contributed by atoms with Gasteiger partial charge in [0, 0.05) is 34.3 Å². The lowest BCUT2D eigenvalue weighted by atomic mass is 10.00. The molecule has 6 nitrogen and oxygen atoms in total. The predicted octanol–water partition coefficient (Wildman–Crippen LogP) is 4.61. The van der Waals surface area contributed by atoms with E-state index in [9.17, 15) is 4.79 Å². The Kier molecular flexibility index (Phi) is 4.55. The van der Waals surface area contributed by atoms with Crippen LogP contribution in [0.1, 0.15) is 17.1 Å². The molecule has 0 aliphatic carbocycles. The molecular formula is C25H22N4O2. The summed E-state index contributed by atoms with van der Waals surface area (Å²) in [5.74, 6) is 0.700. The normalized spacial score (nSPS) is 11.3. The molecule has 0 saturated heterocycles. The van der Waals surface area contributed by atoms with Crippen molar-refractivity contribution in [3.63, 3.8) is 0 Å². The van der Waals surface area contributed by atoms with Crippen molar-refractivity contribution >= 4 is 21.8 Å². The molecule has 0 spiro atoms. The van der Waals surface area contributed by atoms with E-state index in [0.717, 1.165) is 50.0 Å². The molecule has 0 saturated carbocycles. The molecule has 0 aliphatic heterocycles. The number of nitrogens with one attached hydrogen (secondary N) is 1. The van der Waals surface area contributed by atoms with Gasteiger partial charge in [0.1, 0.15) is 5.75 Å². The van der Waals surface area contributed by atoms with Crippen LogP contribution in [-0.4, -0.2) is 26.9 Å². The number of pyridine rings is 2. The van der Waals surface area contributed by atoms with Crippen molar-refractivity contribution < 1.29 is 4.74 Å².